The molecule has 0 unspecified atom stereocenters. The van der Waals surface area contributed by atoms with Crippen molar-refractivity contribution in [3.8, 4) is 11.5 Å². The van der Waals surface area contributed by atoms with Crippen molar-refractivity contribution >= 4 is 20.1 Å². The molecule has 0 aliphatic rings. The van der Waals surface area contributed by atoms with Gasteiger partial charge in [-0.2, -0.15) is 0 Å². The first-order valence-electron chi connectivity index (χ1n) is 8.69. The fourth-order valence-electron chi connectivity index (χ4n) is 2.18. The molecule has 1 N–H and O–H groups in total. The number of methoxy groups -OCH3 is 2. The van der Waals surface area contributed by atoms with E-state index in [0.29, 0.717) is 12.2 Å². The minimum absolute atomic E-state index is 0. The number of ether oxygens (including phenoxy) is 2. The summed E-state index contributed by atoms with van der Waals surface area (Å²) >= 11 is 0. The fourth-order valence-corrected chi connectivity index (χ4v) is 3.38. The van der Waals surface area contributed by atoms with Crippen molar-refractivity contribution < 1.29 is 60.4 Å². The Hall–Kier alpha value is -1.14. The Balaban J connectivity index is 0.000000544. The van der Waals surface area contributed by atoms with E-state index in [0.717, 1.165) is 16.9 Å². The third-order valence-corrected chi connectivity index (χ3v) is 6.00. The molecule has 0 spiro atoms. The Morgan fingerprint density at radius 2 is 1.13 bits per heavy atom. The van der Waals surface area contributed by atoms with Crippen molar-refractivity contribution in [2.24, 2.45) is 0 Å². The van der Waals surface area contributed by atoms with Gasteiger partial charge in [-0.15, -0.1) is 0 Å². The van der Waals surface area contributed by atoms with Gasteiger partial charge in [0.2, 0.25) is 10.0 Å². The quantitative estimate of drug-likeness (QED) is 0.355. The van der Waals surface area contributed by atoms with E-state index < -0.39 is 20.1 Å². The second-order valence-electron chi connectivity index (χ2n) is 5.98. The first-order valence-corrected chi connectivity index (χ1v) is 11.9. The molecule has 0 aromatic heterocycles. The fraction of sp³-hybridized carbons (Fsp3) is 0.368. The van der Waals surface area contributed by atoms with Gasteiger partial charge in [0.25, 0.3) is 0 Å². The molecule has 0 radical (unpaired) electrons. The predicted octanol–water partition coefficient (Wildman–Crippen LogP) is -1.43. The summed E-state index contributed by atoms with van der Waals surface area (Å²) in [5.41, 5.74) is 1.79. The third kappa shape index (κ3) is 12.5. The van der Waals surface area contributed by atoms with Gasteiger partial charge in [-0.3, -0.25) is 0 Å². The second kappa shape index (κ2) is 14.0. The van der Waals surface area contributed by atoms with E-state index in [-0.39, 0.29) is 47.5 Å². The summed E-state index contributed by atoms with van der Waals surface area (Å²) in [5, 5.41) is 0. The van der Waals surface area contributed by atoms with Crippen LogP contribution in [0, 0.1) is 0 Å². The summed E-state index contributed by atoms with van der Waals surface area (Å²) in [6.07, 6.45) is 0.753. The van der Waals surface area contributed by atoms with Gasteiger partial charge in [0.15, 0.2) is 0 Å². The van der Waals surface area contributed by atoms with Crippen LogP contribution < -0.4 is 43.8 Å². The summed E-state index contributed by atoms with van der Waals surface area (Å²) < 4.78 is 65.6. The number of aryl methyl sites for hydroxylation is 2. The molecule has 11 heteroatoms. The molecule has 0 saturated carbocycles. The summed E-state index contributed by atoms with van der Waals surface area (Å²) in [7, 11) is -2.66. The topological polar surface area (TPSA) is 122 Å². The Bertz CT molecular complexity index is 945. The number of hydrogen-bond donors (Lipinski definition) is 1. The van der Waals surface area contributed by atoms with Crippen LogP contribution >= 0.6 is 0 Å². The van der Waals surface area contributed by atoms with Crippen molar-refractivity contribution in [1.82, 2.24) is 4.72 Å². The summed E-state index contributed by atoms with van der Waals surface area (Å²) in [6.45, 7) is 0. The van der Waals surface area contributed by atoms with Crippen molar-refractivity contribution in [3.05, 3.63) is 59.7 Å². The van der Waals surface area contributed by atoms with Gasteiger partial charge in [-0.25, -0.2) is 21.6 Å². The van der Waals surface area contributed by atoms with E-state index in [4.69, 9.17) is 9.47 Å². The van der Waals surface area contributed by atoms with Crippen molar-refractivity contribution in [1.29, 1.82) is 0 Å². The Morgan fingerprint density at radius 3 is 1.43 bits per heavy atom. The molecule has 0 aliphatic carbocycles. The molecule has 0 bridgehead atoms. The van der Waals surface area contributed by atoms with Gasteiger partial charge >= 0.3 is 29.6 Å². The Morgan fingerprint density at radius 1 is 0.767 bits per heavy atom. The van der Waals surface area contributed by atoms with Gasteiger partial charge in [-0.1, -0.05) is 24.3 Å². The molecule has 2 aromatic rings. The molecule has 0 amide bonds. The average Bonchev–Trinajstić information content (AvgIpc) is 2.71. The Kier molecular flexibility index (Phi) is 13.5. The van der Waals surface area contributed by atoms with Gasteiger partial charge in [0.05, 0.1) is 30.1 Å². The molecule has 2 aromatic carbocycles. The van der Waals surface area contributed by atoms with E-state index in [1.165, 1.54) is 7.05 Å². The third-order valence-electron chi connectivity index (χ3n) is 3.93. The zero-order chi connectivity index (χ0) is 21.9. The maximum absolute atomic E-state index is 11.2. The monoisotopic (exact) mass is 467 g/mol. The summed E-state index contributed by atoms with van der Waals surface area (Å²) in [6, 6.07) is 14.3. The minimum Gasteiger partial charge on any atom is -0.748 e. The van der Waals surface area contributed by atoms with Crippen LogP contribution in [0.3, 0.4) is 0 Å². The first-order chi connectivity index (χ1) is 13.6. The van der Waals surface area contributed by atoms with Gasteiger partial charge in [-0.05, 0) is 55.3 Å². The van der Waals surface area contributed by atoms with Gasteiger partial charge in [0, 0.05) is 5.75 Å². The van der Waals surface area contributed by atoms with Crippen LogP contribution in [0.15, 0.2) is 48.5 Å². The van der Waals surface area contributed by atoms with Gasteiger partial charge in [0.1, 0.15) is 11.5 Å². The summed E-state index contributed by atoms with van der Waals surface area (Å²) in [5.74, 6) is 1.23. The van der Waals surface area contributed by atoms with Crippen molar-refractivity contribution in [2.75, 3.05) is 32.8 Å². The van der Waals surface area contributed by atoms with E-state index in [1.807, 2.05) is 24.3 Å². The van der Waals surface area contributed by atoms with Gasteiger partial charge < -0.3 is 14.0 Å². The smallest absolute Gasteiger partial charge is 0.748 e. The minimum atomic E-state index is -4.12. The molecular formula is C19H26NNaO7S2. The van der Waals surface area contributed by atoms with E-state index >= 15 is 0 Å². The van der Waals surface area contributed by atoms with Crippen LogP contribution in [0.5, 0.6) is 11.5 Å². The maximum atomic E-state index is 11.2. The predicted molar refractivity (Wildman–Crippen MR) is 111 cm³/mol. The second-order valence-corrected chi connectivity index (χ2v) is 9.55. The average molecular weight is 468 g/mol. The molecule has 30 heavy (non-hydrogen) atoms. The standard InChI is InChI=1S/C10H15NO3S.C9H12O4S.Na/c1-11-15(12,13)8-7-9-3-5-10(14-2)6-4-9;1-13-9-4-2-8(3-5-9)6-7-14(10,11)12;/h3-6,11H,7-8H2,1-2H3;2-5H,6-7H2,1H3,(H,10,11,12);/q;;+1/p-1. The zero-order valence-electron chi connectivity index (χ0n) is 17.6. The largest absolute Gasteiger partial charge is 1.00 e. The molecular weight excluding hydrogens is 441 g/mol. The van der Waals surface area contributed by atoms with E-state index in [2.05, 4.69) is 4.72 Å². The summed E-state index contributed by atoms with van der Waals surface area (Å²) in [4.78, 5) is 0. The van der Waals surface area contributed by atoms with Crippen LogP contribution in [-0.2, 0) is 33.0 Å². The normalized spacial score (nSPS) is 10.9. The number of benzene rings is 2. The number of hydrogen-bond acceptors (Lipinski definition) is 7. The van der Waals surface area contributed by atoms with E-state index in [1.54, 1.807) is 38.5 Å². The van der Waals surface area contributed by atoms with Crippen molar-refractivity contribution in [2.45, 2.75) is 12.8 Å². The molecule has 0 saturated heterocycles. The van der Waals surface area contributed by atoms with Crippen LogP contribution in [0.4, 0.5) is 0 Å². The molecule has 2 rings (SSSR count). The SMILES string of the molecule is CNS(=O)(=O)CCc1ccc(OC)cc1.COc1ccc(CCS(=O)(=O)[O-])cc1.[Na+]. The van der Waals surface area contributed by atoms with Crippen LogP contribution in [0.1, 0.15) is 11.1 Å². The molecule has 162 valence electrons. The molecule has 0 atom stereocenters. The molecule has 0 aliphatic heterocycles. The van der Waals surface area contributed by atoms with Crippen LogP contribution in [-0.4, -0.2) is 54.2 Å². The van der Waals surface area contributed by atoms with Crippen LogP contribution in [0.2, 0.25) is 0 Å². The zero-order valence-corrected chi connectivity index (χ0v) is 21.3. The van der Waals surface area contributed by atoms with E-state index in [9.17, 15) is 21.4 Å². The van der Waals surface area contributed by atoms with Crippen molar-refractivity contribution in [3.63, 3.8) is 0 Å². The number of sulfonamides is 1. The Labute approximate surface area is 201 Å². The number of nitrogens with one attached hydrogen (secondary N) is 1. The molecule has 0 heterocycles. The molecule has 0 fully saturated rings. The molecule has 8 nitrogen and oxygen atoms in total. The maximum Gasteiger partial charge on any atom is 1.00 e. The first kappa shape index (κ1) is 28.9. The number of rotatable bonds is 9. The van der Waals surface area contributed by atoms with Crippen LogP contribution in [0.25, 0.3) is 0 Å².